The zero-order valence-electron chi connectivity index (χ0n) is 14.5. The van der Waals surface area contributed by atoms with E-state index in [-0.39, 0.29) is 35.9 Å². The Balaban J connectivity index is 0.00000288. The van der Waals surface area contributed by atoms with Gasteiger partial charge >= 0.3 is 5.97 Å². The molecule has 0 saturated carbocycles. The van der Waals surface area contributed by atoms with Crippen molar-refractivity contribution in [3.63, 3.8) is 0 Å². The van der Waals surface area contributed by atoms with E-state index >= 15 is 0 Å². The van der Waals surface area contributed by atoms with Crippen molar-refractivity contribution in [2.45, 2.75) is 33.2 Å². The lowest BCUT2D eigenvalue weighted by Crippen LogP contribution is -2.48. The Morgan fingerprint density at radius 3 is 2.75 bits per heavy atom. The maximum absolute atomic E-state index is 12.0. The van der Waals surface area contributed by atoms with Crippen molar-refractivity contribution < 1.29 is 9.53 Å². The number of piperidine rings is 1. The third-order valence-corrected chi connectivity index (χ3v) is 3.93. The van der Waals surface area contributed by atoms with E-state index < -0.39 is 0 Å². The molecule has 0 amide bonds. The number of aliphatic imine (C=N–C) groups is 1. The number of nitrogens with zero attached hydrogens (tertiary/aromatic N) is 2. The lowest BCUT2D eigenvalue weighted by molar-refractivity contribution is -0.149. The molecule has 1 aliphatic heterocycles. The van der Waals surface area contributed by atoms with Gasteiger partial charge in [-0.25, -0.2) is 4.99 Å². The van der Waals surface area contributed by atoms with Crippen molar-refractivity contribution in [3.8, 4) is 0 Å². The molecule has 1 aromatic carbocycles. The van der Waals surface area contributed by atoms with Gasteiger partial charge in [0.2, 0.25) is 0 Å². The van der Waals surface area contributed by atoms with E-state index in [4.69, 9.17) is 9.73 Å². The van der Waals surface area contributed by atoms with E-state index in [2.05, 4.69) is 29.3 Å². The number of hydrogen-bond acceptors (Lipinski definition) is 3. The molecule has 1 saturated heterocycles. The number of halogens is 1. The van der Waals surface area contributed by atoms with Crippen LogP contribution in [0.4, 0.5) is 0 Å². The summed E-state index contributed by atoms with van der Waals surface area (Å²) in [6.45, 7) is 7.42. The number of carbonyl (C=O) groups excluding carboxylic acids is 1. The molecule has 1 atom stereocenters. The van der Waals surface area contributed by atoms with Gasteiger partial charge in [-0.1, -0.05) is 30.3 Å². The van der Waals surface area contributed by atoms with Crippen LogP contribution in [0.2, 0.25) is 0 Å². The normalized spacial score (nSPS) is 17.8. The summed E-state index contributed by atoms with van der Waals surface area (Å²) in [5.74, 6) is 0.741. The standard InChI is InChI=1S/C18H27N3O2.HI/c1-3-19-18(20-13-15-9-6-5-7-10-15)21-12-8-11-16(14-21)17(22)23-4-2;/h5-7,9-10,16H,3-4,8,11-14H2,1-2H3,(H,19,20);1H. The van der Waals surface area contributed by atoms with Gasteiger partial charge in [-0.15, -0.1) is 24.0 Å². The van der Waals surface area contributed by atoms with Crippen molar-refractivity contribution in [1.82, 2.24) is 10.2 Å². The summed E-state index contributed by atoms with van der Waals surface area (Å²) in [6.07, 6.45) is 1.88. The van der Waals surface area contributed by atoms with Crippen LogP contribution in [-0.4, -0.2) is 43.1 Å². The number of hydrogen-bond donors (Lipinski definition) is 1. The van der Waals surface area contributed by atoms with Crippen LogP contribution in [0.5, 0.6) is 0 Å². The van der Waals surface area contributed by atoms with Gasteiger partial charge in [0.05, 0.1) is 19.1 Å². The summed E-state index contributed by atoms with van der Waals surface area (Å²) in [7, 11) is 0. The van der Waals surface area contributed by atoms with Crippen molar-refractivity contribution in [3.05, 3.63) is 35.9 Å². The molecule has 0 spiro atoms. The van der Waals surface area contributed by atoms with Gasteiger partial charge in [0.25, 0.3) is 0 Å². The minimum absolute atomic E-state index is 0. The van der Waals surface area contributed by atoms with Crippen LogP contribution in [-0.2, 0) is 16.1 Å². The van der Waals surface area contributed by atoms with Crippen molar-refractivity contribution in [2.24, 2.45) is 10.9 Å². The number of likely N-dealkylation sites (tertiary alicyclic amines) is 1. The first-order valence-corrected chi connectivity index (χ1v) is 8.48. The summed E-state index contributed by atoms with van der Waals surface area (Å²) >= 11 is 0. The lowest BCUT2D eigenvalue weighted by Gasteiger charge is -2.34. The molecule has 1 N–H and O–H groups in total. The number of esters is 1. The summed E-state index contributed by atoms with van der Waals surface area (Å²) in [5.41, 5.74) is 1.18. The second kappa shape index (κ2) is 11.3. The van der Waals surface area contributed by atoms with E-state index in [1.807, 2.05) is 25.1 Å². The van der Waals surface area contributed by atoms with Crippen molar-refractivity contribution in [1.29, 1.82) is 0 Å². The Morgan fingerprint density at radius 2 is 2.08 bits per heavy atom. The minimum Gasteiger partial charge on any atom is -0.466 e. The molecule has 5 nitrogen and oxygen atoms in total. The van der Waals surface area contributed by atoms with Gasteiger partial charge < -0.3 is 15.0 Å². The second-order valence-corrected chi connectivity index (χ2v) is 5.69. The Labute approximate surface area is 161 Å². The third-order valence-electron chi connectivity index (χ3n) is 3.93. The quantitative estimate of drug-likeness (QED) is 0.328. The number of guanidine groups is 1. The smallest absolute Gasteiger partial charge is 0.310 e. The van der Waals surface area contributed by atoms with E-state index in [0.29, 0.717) is 19.7 Å². The van der Waals surface area contributed by atoms with Crippen LogP contribution in [0, 0.1) is 5.92 Å². The van der Waals surface area contributed by atoms with Crippen LogP contribution < -0.4 is 5.32 Å². The maximum atomic E-state index is 12.0. The van der Waals surface area contributed by atoms with E-state index in [1.54, 1.807) is 0 Å². The fraction of sp³-hybridized carbons (Fsp3) is 0.556. The van der Waals surface area contributed by atoms with Crippen molar-refractivity contribution >= 4 is 35.9 Å². The fourth-order valence-corrected chi connectivity index (χ4v) is 2.80. The number of carbonyl (C=O) groups is 1. The average molecular weight is 445 g/mol. The molecule has 0 aliphatic carbocycles. The van der Waals surface area contributed by atoms with Gasteiger partial charge in [0.15, 0.2) is 5.96 Å². The highest BCUT2D eigenvalue weighted by Crippen LogP contribution is 2.18. The summed E-state index contributed by atoms with van der Waals surface area (Å²) in [6, 6.07) is 10.2. The second-order valence-electron chi connectivity index (χ2n) is 5.69. The summed E-state index contributed by atoms with van der Waals surface area (Å²) in [5, 5.41) is 3.34. The van der Waals surface area contributed by atoms with Gasteiger partial charge in [0, 0.05) is 19.6 Å². The first-order chi connectivity index (χ1) is 11.2. The van der Waals surface area contributed by atoms with Gasteiger partial charge in [-0.3, -0.25) is 4.79 Å². The Bertz CT molecular complexity index is 522. The highest BCUT2D eigenvalue weighted by atomic mass is 127. The molecule has 1 aromatic rings. The Morgan fingerprint density at radius 1 is 1.33 bits per heavy atom. The number of rotatable bonds is 5. The number of nitrogens with one attached hydrogen (secondary N) is 1. The molecular weight excluding hydrogens is 417 g/mol. The van der Waals surface area contributed by atoms with E-state index in [0.717, 1.165) is 31.9 Å². The van der Waals surface area contributed by atoms with Crippen LogP contribution in [0.3, 0.4) is 0 Å². The molecule has 0 radical (unpaired) electrons. The van der Waals surface area contributed by atoms with Crippen molar-refractivity contribution in [2.75, 3.05) is 26.2 Å². The molecule has 2 rings (SSSR count). The molecule has 134 valence electrons. The maximum Gasteiger partial charge on any atom is 0.310 e. The third kappa shape index (κ3) is 6.30. The largest absolute Gasteiger partial charge is 0.466 e. The van der Waals surface area contributed by atoms with E-state index in [9.17, 15) is 4.79 Å². The molecule has 6 heteroatoms. The zero-order valence-corrected chi connectivity index (χ0v) is 16.9. The predicted octanol–water partition coefficient (Wildman–Crippen LogP) is 3.05. The van der Waals surface area contributed by atoms with Gasteiger partial charge in [-0.2, -0.15) is 0 Å². The van der Waals surface area contributed by atoms with Gasteiger partial charge in [0.1, 0.15) is 0 Å². The predicted molar refractivity (Wildman–Crippen MR) is 108 cm³/mol. The highest BCUT2D eigenvalue weighted by molar-refractivity contribution is 14.0. The molecule has 24 heavy (non-hydrogen) atoms. The molecule has 0 bridgehead atoms. The lowest BCUT2D eigenvalue weighted by atomic mass is 9.98. The first-order valence-electron chi connectivity index (χ1n) is 8.48. The molecule has 1 unspecified atom stereocenters. The number of ether oxygens (including phenoxy) is 1. The summed E-state index contributed by atoms with van der Waals surface area (Å²) in [4.78, 5) is 18.9. The monoisotopic (exact) mass is 445 g/mol. The fourth-order valence-electron chi connectivity index (χ4n) is 2.80. The topological polar surface area (TPSA) is 53.9 Å². The molecule has 0 aromatic heterocycles. The van der Waals surface area contributed by atoms with Crippen LogP contribution in [0.25, 0.3) is 0 Å². The van der Waals surface area contributed by atoms with Crippen LogP contribution in [0.15, 0.2) is 35.3 Å². The highest BCUT2D eigenvalue weighted by Gasteiger charge is 2.28. The molecule has 1 fully saturated rings. The molecule has 1 aliphatic rings. The molecular formula is C18H28IN3O2. The first kappa shape index (κ1) is 20.7. The average Bonchev–Trinajstić information content (AvgIpc) is 2.60. The Kier molecular flexibility index (Phi) is 9.75. The van der Waals surface area contributed by atoms with Crippen LogP contribution in [0.1, 0.15) is 32.3 Å². The minimum atomic E-state index is -0.0869. The van der Waals surface area contributed by atoms with E-state index in [1.165, 1.54) is 5.56 Å². The van der Waals surface area contributed by atoms with Gasteiger partial charge in [-0.05, 0) is 32.3 Å². The number of benzene rings is 1. The summed E-state index contributed by atoms with van der Waals surface area (Å²) < 4.78 is 5.17. The Hall–Kier alpha value is -1.31. The van der Waals surface area contributed by atoms with Crippen LogP contribution >= 0.6 is 24.0 Å². The molecule has 1 heterocycles. The zero-order chi connectivity index (χ0) is 16.5. The SMILES string of the molecule is CCNC(=NCc1ccccc1)N1CCCC(C(=O)OCC)C1.I.